The van der Waals surface area contributed by atoms with Crippen LogP contribution in [0.5, 0.6) is 0 Å². The van der Waals surface area contributed by atoms with Gasteiger partial charge in [0, 0.05) is 0 Å². The molecular weight excluding hydrogens is 204 g/mol. The Morgan fingerprint density at radius 1 is 0.765 bits per heavy atom. The molecule has 0 saturated heterocycles. The van der Waals surface area contributed by atoms with Crippen LogP contribution in [0.2, 0.25) is 0 Å². The van der Waals surface area contributed by atoms with E-state index in [0.29, 0.717) is 0 Å². The highest BCUT2D eigenvalue weighted by Crippen LogP contribution is 2.19. The van der Waals surface area contributed by atoms with Gasteiger partial charge >= 0.3 is 0 Å². The molecule has 0 saturated carbocycles. The summed E-state index contributed by atoms with van der Waals surface area (Å²) in [5.74, 6) is 0. The zero-order chi connectivity index (χ0) is 12.6. The first kappa shape index (κ1) is 18.1. The van der Waals surface area contributed by atoms with Crippen LogP contribution >= 0.6 is 0 Å². The fraction of sp³-hybridized carbons (Fsp3) is 0.412. The van der Waals surface area contributed by atoms with Crippen molar-refractivity contribution in [3.8, 4) is 0 Å². The van der Waals surface area contributed by atoms with Gasteiger partial charge in [0.25, 0.3) is 0 Å². The Morgan fingerprint density at radius 2 is 1.29 bits per heavy atom. The van der Waals surface area contributed by atoms with Crippen LogP contribution in [0.15, 0.2) is 36.4 Å². The van der Waals surface area contributed by atoms with Crippen LogP contribution < -0.4 is 0 Å². The Morgan fingerprint density at radius 3 is 1.88 bits per heavy atom. The first-order chi connectivity index (χ1) is 7.77. The molecular formula is C17H28. The van der Waals surface area contributed by atoms with Crippen LogP contribution in [0.1, 0.15) is 46.2 Å². The number of hydrogen-bond acceptors (Lipinski definition) is 0. The number of rotatable bonds is 0. The highest BCUT2D eigenvalue weighted by molar-refractivity contribution is 5.86. The lowest BCUT2D eigenvalue weighted by Crippen LogP contribution is -1.80. The Labute approximate surface area is 108 Å². The molecule has 0 nitrogen and oxygen atoms in total. The van der Waals surface area contributed by atoms with Crippen LogP contribution in [0.4, 0.5) is 0 Å². The molecule has 0 heterocycles. The Hall–Kier alpha value is -1.30. The molecule has 2 aromatic carbocycles. The van der Waals surface area contributed by atoms with E-state index in [0.717, 1.165) is 0 Å². The molecule has 0 aliphatic carbocycles. The summed E-state index contributed by atoms with van der Waals surface area (Å²) in [7, 11) is 0. The largest absolute Gasteiger partial charge is 0.0776 e. The molecule has 0 heteroatoms. The maximum absolute atomic E-state index is 2.22. The van der Waals surface area contributed by atoms with Crippen molar-refractivity contribution in [1.29, 1.82) is 0 Å². The normalized spacial score (nSPS) is 8.12. The van der Waals surface area contributed by atoms with Crippen molar-refractivity contribution in [2.24, 2.45) is 0 Å². The van der Waals surface area contributed by atoms with Crippen molar-refractivity contribution in [2.75, 3.05) is 0 Å². The van der Waals surface area contributed by atoms with Crippen LogP contribution in [-0.2, 0) is 0 Å². The number of benzene rings is 2. The first-order valence-electron chi connectivity index (χ1n) is 6.23. The third kappa shape index (κ3) is 5.04. The highest BCUT2D eigenvalue weighted by Gasteiger charge is 1.95. The Balaban J connectivity index is 0. The van der Waals surface area contributed by atoms with Gasteiger partial charge in [0.05, 0.1) is 0 Å². The molecule has 0 radical (unpaired) electrons. The standard InChI is InChI=1S/C12H12.2C2H6.CH4/c1-9-7-10(2)12-6-4-3-5-11(12)8-9;2*1-2;/h3-8H,1-2H3;2*1-2H3;1H4. The Bertz CT molecular complexity index is 413. The number of aryl methyl sites for hydroxylation is 2. The summed E-state index contributed by atoms with van der Waals surface area (Å²) in [5, 5.41) is 2.71. The minimum atomic E-state index is 0. The highest BCUT2D eigenvalue weighted by atomic mass is 14.0. The van der Waals surface area contributed by atoms with E-state index in [9.17, 15) is 0 Å². The molecule has 2 aromatic rings. The van der Waals surface area contributed by atoms with Gasteiger partial charge in [0.1, 0.15) is 0 Å². The number of hydrogen-bond donors (Lipinski definition) is 0. The van der Waals surface area contributed by atoms with Gasteiger partial charge in [0.15, 0.2) is 0 Å². The molecule has 0 aliphatic heterocycles. The van der Waals surface area contributed by atoms with Gasteiger partial charge in [-0.1, -0.05) is 77.1 Å². The second kappa shape index (κ2) is 9.89. The average Bonchev–Trinajstić information content (AvgIpc) is 2.34. The van der Waals surface area contributed by atoms with E-state index in [-0.39, 0.29) is 7.43 Å². The molecule has 0 fully saturated rings. The summed E-state index contributed by atoms with van der Waals surface area (Å²) >= 11 is 0. The van der Waals surface area contributed by atoms with E-state index in [1.807, 2.05) is 27.7 Å². The fourth-order valence-corrected chi connectivity index (χ4v) is 1.69. The third-order valence-electron chi connectivity index (χ3n) is 2.21. The van der Waals surface area contributed by atoms with E-state index < -0.39 is 0 Å². The maximum atomic E-state index is 2.22. The SMILES string of the molecule is C.CC.CC.Cc1cc(C)c2ccccc2c1. The van der Waals surface area contributed by atoms with Crippen molar-refractivity contribution in [3.63, 3.8) is 0 Å². The molecule has 0 spiro atoms. The molecule has 0 aliphatic rings. The number of fused-ring (bicyclic) bond motifs is 1. The fourth-order valence-electron chi connectivity index (χ4n) is 1.69. The Kier molecular flexibility index (Phi) is 10.5. The van der Waals surface area contributed by atoms with Crippen molar-refractivity contribution < 1.29 is 0 Å². The summed E-state index contributed by atoms with van der Waals surface area (Å²) < 4.78 is 0. The topological polar surface area (TPSA) is 0 Å². The van der Waals surface area contributed by atoms with Crippen molar-refractivity contribution in [3.05, 3.63) is 47.5 Å². The molecule has 2 rings (SSSR count). The van der Waals surface area contributed by atoms with Gasteiger partial charge in [-0.2, -0.15) is 0 Å². The molecule has 96 valence electrons. The molecule has 0 N–H and O–H groups in total. The third-order valence-corrected chi connectivity index (χ3v) is 2.21. The van der Waals surface area contributed by atoms with E-state index in [1.54, 1.807) is 0 Å². The van der Waals surface area contributed by atoms with Gasteiger partial charge in [-0.05, 0) is 30.2 Å². The van der Waals surface area contributed by atoms with Crippen molar-refractivity contribution in [2.45, 2.75) is 49.0 Å². The van der Waals surface area contributed by atoms with Gasteiger partial charge in [-0.3, -0.25) is 0 Å². The zero-order valence-electron chi connectivity index (χ0n) is 11.5. The second-order valence-corrected chi connectivity index (χ2v) is 3.30. The lowest BCUT2D eigenvalue weighted by atomic mass is 10.0. The predicted molar refractivity (Wildman–Crippen MR) is 82.8 cm³/mol. The minimum absolute atomic E-state index is 0. The lowest BCUT2D eigenvalue weighted by molar-refractivity contribution is 1.43. The summed E-state index contributed by atoms with van der Waals surface area (Å²) in [6.07, 6.45) is 0. The summed E-state index contributed by atoms with van der Waals surface area (Å²) in [6.45, 7) is 12.3. The molecule has 0 bridgehead atoms. The molecule has 0 aromatic heterocycles. The van der Waals surface area contributed by atoms with Gasteiger partial charge in [-0.15, -0.1) is 0 Å². The molecule has 0 atom stereocenters. The smallest absolute Gasteiger partial charge is 0.0155 e. The van der Waals surface area contributed by atoms with Gasteiger partial charge in [-0.25, -0.2) is 0 Å². The quantitative estimate of drug-likeness (QED) is 0.511. The first-order valence-corrected chi connectivity index (χ1v) is 6.23. The molecule has 17 heavy (non-hydrogen) atoms. The minimum Gasteiger partial charge on any atom is -0.0776 e. The zero-order valence-corrected chi connectivity index (χ0v) is 11.5. The van der Waals surface area contributed by atoms with Crippen molar-refractivity contribution >= 4 is 10.8 Å². The van der Waals surface area contributed by atoms with E-state index >= 15 is 0 Å². The van der Waals surface area contributed by atoms with Crippen LogP contribution in [0.3, 0.4) is 0 Å². The monoisotopic (exact) mass is 232 g/mol. The van der Waals surface area contributed by atoms with E-state index in [4.69, 9.17) is 0 Å². The lowest BCUT2D eigenvalue weighted by Gasteiger charge is -2.02. The van der Waals surface area contributed by atoms with Crippen molar-refractivity contribution in [1.82, 2.24) is 0 Å². The van der Waals surface area contributed by atoms with Gasteiger partial charge < -0.3 is 0 Å². The van der Waals surface area contributed by atoms with Crippen LogP contribution in [0.25, 0.3) is 10.8 Å². The summed E-state index contributed by atoms with van der Waals surface area (Å²) in [6, 6.07) is 13.0. The summed E-state index contributed by atoms with van der Waals surface area (Å²) in [4.78, 5) is 0. The summed E-state index contributed by atoms with van der Waals surface area (Å²) in [5.41, 5.74) is 2.71. The molecule has 0 unspecified atom stereocenters. The van der Waals surface area contributed by atoms with E-state index in [2.05, 4.69) is 50.2 Å². The maximum Gasteiger partial charge on any atom is -0.0155 e. The average molecular weight is 232 g/mol. The van der Waals surface area contributed by atoms with E-state index in [1.165, 1.54) is 21.9 Å². The second-order valence-electron chi connectivity index (χ2n) is 3.30. The van der Waals surface area contributed by atoms with Crippen LogP contribution in [0, 0.1) is 13.8 Å². The van der Waals surface area contributed by atoms with Gasteiger partial charge in [0.2, 0.25) is 0 Å². The van der Waals surface area contributed by atoms with Crippen LogP contribution in [-0.4, -0.2) is 0 Å². The molecule has 0 amide bonds. The predicted octanol–water partition coefficient (Wildman–Crippen LogP) is 6.15.